The highest BCUT2D eigenvalue weighted by Crippen LogP contribution is 2.44. The first-order valence-electron chi connectivity index (χ1n) is 9.33. The van der Waals surface area contributed by atoms with E-state index in [2.05, 4.69) is 19.2 Å². The van der Waals surface area contributed by atoms with Crippen molar-refractivity contribution < 1.29 is 33.1 Å². The molecule has 0 N–H and O–H groups in total. The van der Waals surface area contributed by atoms with Crippen LogP contribution in [-0.2, 0) is 33.1 Å². The van der Waals surface area contributed by atoms with E-state index < -0.39 is 0 Å². The maximum absolute atomic E-state index is 10.8. The number of hydrogen-bond donors (Lipinski definition) is 1. The van der Waals surface area contributed by atoms with E-state index in [1.807, 2.05) is 19.1 Å². The molecule has 7 nitrogen and oxygen atoms in total. The SMILES string of the molecule is COCO[C@@H]([C@H](C)[C@H]1O[C@@]1(C)CO[B]PS)[C@H](/C=C/CCCOC(C)=O)OC. The van der Waals surface area contributed by atoms with Crippen molar-refractivity contribution in [1.82, 2.24) is 0 Å². The molecule has 10 heteroatoms. The summed E-state index contributed by atoms with van der Waals surface area (Å²) in [5.74, 6) is -0.192. The zero-order valence-electron chi connectivity index (χ0n) is 17.4. The maximum Gasteiger partial charge on any atom is 0.332 e. The van der Waals surface area contributed by atoms with Crippen LogP contribution in [0.4, 0.5) is 0 Å². The minimum atomic E-state index is -0.343. The smallest absolute Gasteiger partial charge is 0.332 e. The Morgan fingerprint density at radius 1 is 1.43 bits per heavy atom. The highest BCUT2D eigenvalue weighted by molar-refractivity contribution is 8.46. The van der Waals surface area contributed by atoms with E-state index in [9.17, 15) is 4.79 Å². The van der Waals surface area contributed by atoms with Gasteiger partial charge in [0.1, 0.15) is 18.5 Å². The van der Waals surface area contributed by atoms with Crippen molar-refractivity contribution in [2.24, 2.45) is 5.92 Å². The van der Waals surface area contributed by atoms with Gasteiger partial charge in [-0.05, 0) is 19.8 Å². The molecule has 1 aliphatic rings. The fraction of sp³-hybridized carbons (Fsp3) is 0.833. The Labute approximate surface area is 176 Å². The first-order chi connectivity index (χ1) is 13.4. The van der Waals surface area contributed by atoms with E-state index in [4.69, 9.17) is 28.3 Å². The summed E-state index contributed by atoms with van der Waals surface area (Å²) < 4.78 is 33.1. The lowest BCUT2D eigenvalue weighted by atomic mass is 9.90. The van der Waals surface area contributed by atoms with Gasteiger partial charge in [-0.25, -0.2) is 0 Å². The second kappa shape index (κ2) is 14.0. The van der Waals surface area contributed by atoms with Crippen LogP contribution < -0.4 is 0 Å². The lowest BCUT2D eigenvalue weighted by Gasteiger charge is -2.29. The van der Waals surface area contributed by atoms with Crippen molar-refractivity contribution in [3.8, 4) is 0 Å². The zero-order valence-corrected chi connectivity index (χ0v) is 19.3. The Morgan fingerprint density at radius 2 is 2.18 bits per heavy atom. The number of thiol groups is 1. The summed E-state index contributed by atoms with van der Waals surface area (Å²) in [4.78, 5) is 10.8. The van der Waals surface area contributed by atoms with Gasteiger partial charge in [0.25, 0.3) is 0 Å². The molecule has 0 spiro atoms. The molecule has 0 aromatic rings. The normalized spacial score (nSPS) is 25.1. The minimum Gasteiger partial charge on any atom is -0.466 e. The van der Waals surface area contributed by atoms with Gasteiger partial charge < -0.3 is 28.3 Å². The Morgan fingerprint density at radius 3 is 2.79 bits per heavy atom. The summed E-state index contributed by atoms with van der Waals surface area (Å²) >= 11 is 4.13. The van der Waals surface area contributed by atoms with E-state index in [-0.39, 0.29) is 42.6 Å². The van der Waals surface area contributed by atoms with Gasteiger partial charge in [0.2, 0.25) is 0 Å². The van der Waals surface area contributed by atoms with Crippen molar-refractivity contribution in [3.05, 3.63) is 12.2 Å². The molecular formula is C18H33BO7PS. The Balaban J connectivity index is 2.61. The van der Waals surface area contributed by atoms with Crippen molar-refractivity contribution in [3.63, 3.8) is 0 Å². The van der Waals surface area contributed by atoms with Crippen LogP contribution >= 0.6 is 19.9 Å². The maximum atomic E-state index is 10.8. The summed E-state index contributed by atoms with van der Waals surface area (Å²) in [5.41, 5.74) is -0.343. The van der Waals surface area contributed by atoms with Crippen LogP contribution in [0, 0.1) is 5.92 Å². The highest BCUT2D eigenvalue weighted by atomic mass is 32.7. The third kappa shape index (κ3) is 9.12. The van der Waals surface area contributed by atoms with Gasteiger partial charge in [-0.2, -0.15) is 12.2 Å². The van der Waals surface area contributed by atoms with Crippen LogP contribution in [0.25, 0.3) is 0 Å². The number of carbonyl (C=O) groups is 1. The molecule has 1 unspecified atom stereocenters. The molecule has 0 aromatic heterocycles. The molecule has 0 saturated carbocycles. The molecule has 1 radical (unpaired) electrons. The summed E-state index contributed by atoms with van der Waals surface area (Å²) in [5, 5.41) is 0. The van der Waals surface area contributed by atoms with Crippen LogP contribution in [0.2, 0.25) is 0 Å². The lowest BCUT2D eigenvalue weighted by molar-refractivity contribution is -0.141. The molecule has 6 atom stereocenters. The average Bonchev–Trinajstić information content (AvgIpc) is 3.34. The molecule has 1 fully saturated rings. The number of methoxy groups -OCH3 is 2. The van der Waals surface area contributed by atoms with Crippen LogP contribution in [0.5, 0.6) is 0 Å². The largest absolute Gasteiger partial charge is 0.466 e. The van der Waals surface area contributed by atoms with E-state index in [0.717, 1.165) is 12.8 Å². The number of esters is 1. The lowest BCUT2D eigenvalue weighted by Crippen LogP contribution is -2.40. The van der Waals surface area contributed by atoms with Crippen molar-refractivity contribution in [2.75, 3.05) is 34.2 Å². The fourth-order valence-corrected chi connectivity index (χ4v) is 3.50. The molecular weight excluding hydrogens is 402 g/mol. The van der Waals surface area contributed by atoms with Gasteiger partial charge in [-0.3, -0.25) is 4.79 Å². The van der Waals surface area contributed by atoms with E-state index in [1.165, 1.54) is 6.92 Å². The molecule has 1 heterocycles. The molecule has 1 aliphatic heterocycles. The number of ether oxygens (including phenoxy) is 5. The Kier molecular flexibility index (Phi) is 12.9. The number of hydrogen-bond acceptors (Lipinski definition) is 8. The number of allylic oxidation sites excluding steroid dienone is 1. The number of unbranched alkanes of at least 4 members (excludes halogenated alkanes) is 1. The van der Waals surface area contributed by atoms with Crippen molar-refractivity contribution in [2.45, 2.75) is 57.5 Å². The molecule has 161 valence electrons. The summed E-state index contributed by atoms with van der Waals surface area (Å²) in [7, 11) is 5.27. The van der Waals surface area contributed by atoms with Crippen LogP contribution in [0.1, 0.15) is 33.6 Å². The molecule has 0 aromatic carbocycles. The van der Waals surface area contributed by atoms with Gasteiger partial charge in [0.05, 0.1) is 25.4 Å². The standard InChI is InChI=1S/C18H33BO7PS/c1-13(17-18(3,26-17)11-25-19-27-28)16(24-12-21-4)15(22-5)9-7-6-8-10-23-14(2)20/h7,9,13,15-17,27-28H,6,8,10-12H2,1-5H3/b9-7+/t13-,15-,16-,17+,18-/m0/s1. The average molecular weight is 435 g/mol. The predicted octanol–water partition coefficient (Wildman–Crippen LogP) is 2.76. The fourth-order valence-electron chi connectivity index (χ4n) is 3.11. The first kappa shape index (κ1) is 25.9. The van der Waals surface area contributed by atoms with Gasteiger partial charge in [0.15, 0.2) is 0 Å². The monoisotopic (exact) mass is 435 g/mol. The molecule has 0 amide bonds. The van der Waals surface area contributed by atoms with Gasteiger partial charge in [-0.15, -0.1) is 0 Å². The molecule has 1 rings (SSSR count). The number of rotatable bonds is 16. The topological polar surface area (TPSA) is 75.8 Å². The van der Waals surface area contributed by atoms with Gasteiger partial charge in [-0.1, -0.05) is 26.7 Å². The van der Waals surface area contributed by atoms with Crippen LogP contribution in [0.15, 0.2) is 12.2 Å². The Hall–Kier alpha value is -0.145. The molecule has 0 bridgehead atoms. The predicted molar refractivity (Wildman–Crippen MR) is 114 cm³/mol. The third-order valence-electron chi connectivity index (χ3n) is 4.56. The molecule has 28 heavy (non-hydrogen) atoms. The van der Waals surface area contributed by atoms with Crippen LogP contribution in [-0.4, -0.2) is 71.3 Å². The second-order valence-corrected chi connectivity index (χ2v) is 8.19. The Bertz CT molecular complexity index is 485. The number of carbonyl (C=O) groups excluding carboxylic acids is 1. The second-order valence-electron chi connectivity index (χ2n) is 6.92. The quantitative estimate of drug-likeness (QED) is 0.0584. The van der Waals surface area contributed by atoms with Gasteiger partial charge >= 0.3 is 13.2 Å². The molecule has 1 saturated heterocycles. The number of epoxide rings is 1. The van der Waals surface area contributed by atoms with Gasteiger partial charge in [0, 0.05) is 27.1 Å². The zero-order chi connectivity index (χ0) is 21.0. The summed E-state index contributed by atoms with van der Waals surface area (Å²) in [6.45, 7) is 6.59. The third-order valence-corrected chi connectivity index (χ3v) is 5.15. The first-order valence-corrected chi connectivity index (χ1v) is 11.7. The van der Waals surface area contributed by atoms with E-state index in [1.54, 1.807) is 21.4 Å². The van der Waals surface area contributed by atoms with E-state index >= 15 is 0 Å². The highest BCUT2D eigenvalue weighted by Gasteiger charge is 2.57. The molecule has 0 aliphatic carbocycles. The van der Waals surface area contributed by atoms with Crippen molar-refractivity contribution in [1.29, 1.82) is 0 Å². The summed E-state index contributed by atoms with van der Waals surface area (Å²) in [6.07, 6.45) is 5.05. The summed E-state index contributed by atoms with van der Waals surface area (Å²) in [6, 6.07) is 0. The van der Waals surface area contributed by atoms with E-state index in [0.29, 0.717) is 20.9 Å². The minimum absolute atomic E-state index is 0.000948. The van der Waals surface area contributed by atoms with Crippen molar-refractivity contribution >= 4 is 33.1 Å². The van der Waals surface area contributed by atoms with Crippen LogP contribution in [0.3, 0.4) is 0 Å².